The average Bonchev–Trinajstić information content (AvgIpc) is 2.75. The van der Waals surface area contributed by atoms with E-state index in [4.69, 9.17) is 0 Å². The van der Waals surface area contributed by atoms with Gasteiger partial charge in [0.15, 0.2) is 0 Å². The minimum absolute atomic E-state index is 0.0747. The molecule has 1 amide bonds. The lowest BCUT2D eigenvalue weighted by Gasteiger charge is -2.16. The molecular formula is C18H30N4O. The van der Waals surface area contributed by atoms with E-state index in [0.29, 0.717) is 17.4 Å². The lowest BCUT2D eigenvalue weighted by molar-refractivity contribution is 0.0928. The van der Waals surface area contributed by atoms with Crippen molar-refractivity contribution < 1.29 is 4.79 Å². The zero-order valence-electron chi connectivity index (χ0n) is 14.7. The van der Waals surface area contributed by atoms with E-state index in [1.54, 1.807) is 6.07 Å². The molecule has 1 fully saturated rings. The quantitative estimate of drug-likeness (QED) is 0.785. The van der Waals surface area contributed by atoms with Gasteiger partial charge in [0, 0.05) is 18.7 Å². The first-order valence-corrected chi connectivity index (χ1v) is 8.95. The second kappa shape index (κ2) is 8.85. The van der Waals surface area contributed by atoms with Gasteiger partial charge in [0.2, 0.25) is 0 Å². The Morgan fingerprint density at radius 1 is 1.22 bits per heavy atom. The summed E-state index contributed by atoms with van der Waals surface area (Å²) in [4.78, 5) is 21.2. The van der Waals surface area contributed by atoms with Gasteiger partial charge in [-0.1, -0.05) is 39.5 Å². The molecule has 1 aromatic rings. The molecule has 1 aliphatic carbocycles. The van der Waals surface area contributed by atoms with Crippen LogP contribution >= 0.6 is 0 Å². The van der Waals surface area contributed by atoms with E-state index < -0.39 is 0 Å². The van der Waals surface area contributed by atoms with Crippen LogP contribution in [0.5, 0.6) is 0 Å². The van der Waals surface area contributed by atoms with Gasteiger partial charge in [-0.15, -0.1) is 0 Å². The number of rotatable bonds is 6. The number of carbonyl (C=O) groups excluding carboxylic acids is 1. The number of carbonyl (C=O) groups is 1. The van der Waals surface area contributed by atoms with Gasteiger partial charge in [-0.05, 0) is 32.1 Å². The number of hydrogen-bond donors (Lipinski definition) is 2. The summed E-state index contributed by atoms with van der Waals surface area (Å²) in [6, 6.07) is 2.05. The van der Waals surface area contributed by atoms with Crippen LogP contribution in [-0.4, -0.2) is 28.5 Å². The lowest BCUT2D eigenvalue weighted by Crippen LogP contribution is -2.35. The highest BCUT2D eigenvalue weighted by atomic mass is 16.1. The van der Waals surface area contributed by atoms with Gasteiger partial charge < -0.3 is 10.6 Å². The molecule has 2 rings (SSSR count). The van der Waals surface area contributed by atoms with E-state index in [9.17, 15) is 4.79 Å². The molecule has 0 spiro atoms. The van der Waals surface area contributed by atoms with Gasteiger partial charge in [-0.2, -0.15) is 0 Å². The molecule has 1 saturated carbocycles. The van der Waals surface area contributed by atoms with Crippen LogP contribution in [0.25, 0.3) is 0 Å². The van der Waals surface area contributed by atoms with E-state index in [-0.39, 0.29) is 11.9 Å². The van der Waals surface area contributed by atoms with E-state index in [0.717, 1.165) is 31.6 Å². The fraction of sp³-hybridized carbons (Fsp3) is 0.722. The molecular weight excluding hydrogens is 288 g/mol. The molecule has 5 heteroatoms. The van der Waals surface area contributed by atoms with Crippen LogP contribution in [0.4, 0.5) is 5.82 Å². The van der Waals surface area contributed by atoms with Gasteiger partial charge in [-0.3, -0.25) is 4.79 Å². The highest BCUT2D eigenvalue weighted by molar-refractivity contribution is 5.93. The molecule has 0 saturated heterocycles. The molecule has 1 aromatic heterocycles. The second-order valence-electron chi connectivity index (χ2n) is 6.96. The van der Waals surface area contributed by atoms with Gasteiger partial charge in [0.25, 0.3) is 5.91 Å². The monoisotopic (exact) mass is 318 g/mol. The Hall–Kier alpha value is -1.65. The predicted molar refractivity (Wildman–Crippen MR) is 93.7 cm³/mol. The first-order valence-electron chi connectivity index (χ1n) is 8.95. The highest BCUT2D eigenvalue weighted by Crippen LogP contribution is 2.18. The number of nitrogens with one attached hydrogen (secondary N) is 2. The van der Waals surface area contributed by atoms with Crippen molar-refractivity contribution in [3.05, 3.63) is 17.6 Å². The third-order valence-electron chi connectivity index (χ3n) is 4.29. The zero-order valence-corrected chi connectivity index (χ0v) is 14.7. The van der Waals surface area contributed by atoms with Gasteiger partial charge in [0.05, 0.1) is 0 Å². The van der Waals surface area contributed by atoms with Gasteiger partial charge in [0.1, 0.15) is 17.3 Å². The van der Waals surface area contributed by atoms with Crippen LogP contribution < -0.4 is 10.6 Å². The Morgan fingerprint density at radius 2 is 1.91 bits per heavy atom. The van der Waals surface area contributed by atoms with Crippen LogP contribution in [0.2, 0.25) is 0 Å². The van der Waals surface area contributed by atoms with E-state index >= 15 is 0 Å². The van der Waals surface area contributed by atoms with Crippen molar-refractivity contribution >= 4 is 11.7 Å². The maximum atomic E-state index is 12.5. The van der Waals surface area contributed by atoms with Crippen molar-refractivity contribution in [3.63, 3.8) is 0 Å². The fourth-order valence-corrected chi connectivity index (χ4v) is 2.95. The van der Waals surface area contributed by atoms with Gasteiger partial charge in [-0.25, -0.2) is 9.97 Å². The molecule has 128 valence electrons. The third-order valence-corrected chi connectivity index (χ3v) is 4.29. The summed E-state index contributed by atoms with van der Waals surface area (Å²) in [6.07, 6.45) is 8.20. The van der Waals surface area contributed by atoms with Crippen LogP contribution in [-0.2, 0) is 0 Å². The molecule has 0 radical (unpaired) electrons. The summed E-state index contributed by atoms with van der Waals surface area (Å²) in [5, 5.41) is 6.44. The molecule has 1 heterocycles. The number of aryl methyl sites for hydroxylation is 1. The zero-order chi connectivity index (χ0) is 16.7. The number of aromatic nitrogens is 2. The molecule has 0 atom stereocenters. The molecule has 23 heavy (non-hydrogen) atoms. The lowest BCUT2D eigenvalue weighted by atomic mass is 10.1. The number of nitrogens with zero attached hydrogens (tertiary/aromatic N) is 2. The molecule has 5 nitrogen and oxygen atoms in total. The van der Waals surface area contributed by atoms with Crippen molar-refractivity contribution in [3.8, 4) is 0 Å². The minimum atomic E-state index is -0.0747. The summed E-state index contributed by atoms with van der Waals surface area (Å²) < 4.78 is 0. The molecule has 2 N–H and O–H groups in total. The third kappa shape index (κ3) is 6.16. The summed E-state index contributed by atoms with van der Waals surface area (Å²) in [5.74, 6) is 1.94. The van der Waals surface area contributed by atoms with Crippen LogP contribution in [0.1, 0.15) is 75.1 Å². The minimum Gasteiger partial charge on any atom is -0.370 e. The van der Waals surface area contributed by atoms with Crippen molar-refractivity contribution in [2.24, 2.45) is 5.92 Å². The number of amides is 1. The van der Waals surface area contributed by atoms with Crippen molar-refractivity contribution in [1.29, 1.82) is 0 Å². The molecule has 0 unspecified atom stereocenters. The summed E-state index contributed by atoms with van der Waals surface area (Å²) in [7, 11) is 0. The highest BCUT2D eigenvalue weighted by Gasteiger charge is 2.17. The normalized spacial score (nSPS) is 16.2. The topological polar surface area (TPSA) is 66.9 Å². The average molecular weight is 318 g/mol. The maximum Gasteiger partial charge on any atom is 0.270 e. The van der Waals surface area contributed by atoms with E-state index in [1.165, 1.54) is 25.7 Å². The SMILES string of the molecule is Cc1nc(NCCC(C)C)cc(C(=O)NC2CCCCCC2)n1. The molecule has 1 aliphatic rings. The Morgan fingerprint density at radius 3 is 2.57 bits per heavy atom. The Kier molecular flexibility index (Phi) is 6.81. The van der Waals surface area contributed by atoms with E-state index in [2.05, 4.69) is 34.4 Å². The summed E-state index contributed by atoms with van der Waals surface area (Å²) >= 11 is 0. The fourth-order valence-electron chi connectivity index (χ4n) is 2.95. The summed E-state index contributed by atoms with van der Waals surface area (Å²) in [6.45, 7) is 7.07. The van der Waals surface area contributed by atoms with Crippen molar-refractivity contribution in [1.82, 2.24) is 15.3 Å². The number of hydrogen-bond acceptors (Lipinski definition) is 4. The van der Waals surface area contributed by atoms with Crippen molar-refractivity contribution in [2.75, 3.05) is 11.9 Å². The first-order chi connectivity index (χ1) is 11.0. The Bertz CT molecular complexity index is 508. The Labute approximate surface area is 139 Å². The van der Waals surface area contributed by atoms with Crippen LogP contribution in [0.15, 0.2) is 6.07 Å². The van der Waals surface area contributed by atoms with Crippen LogP contribution in [0.3, 0.4) is 0 Å². The van der Waals surface area contributed by atoms with Crippen molar-refractivity contribution in [2.45, 2.75) is 71.8 Å². The molecule has 0 aromatic carbocycles. The van der Waals surface area contributed by atoms with Gasteiger partial charge >= 0.3 is 0 Å². The molecule has 0 bridgehead atoms. The second-order valence-corrected chi connectivity index (χ2v) is 6.96. The van der Waals surface area contributed by atoms with Crippen LogP contribution in [0, 0.1) is 12.8 Å². The number of anilines is 1. The standard InChI is InChI=1S/C18H30N4O/c1-13(2)10-11-19-17-12-16(20-14(3)21-17)18(23)22-15-8-6-4-5-7-9-15/h12-13,15H,4-11H2,1-3H3,(H,22,23)(H,19,20,21). The molecule has 0 aliphatic heterocycles. The maximum absolute atomic E-state index is 12.5. The summed E-state index contributed by atoms with van der Waals surface area (Å²) in [5.41, 5.74) is 0.466. The predicted octanol–water partition coefficient (Wildman–Crippen LogP) is 3.70. The Balaban J connectivity index is 1.97. The first kappa shape index (κ1) is 17.7. The largest absolute Gasteiger partial charge is 0.370 e. The van der Waals surface area contributed by atoms with E-state index in [1.807, 2.05) is 6.92 Å². The smallest absolute Gasteiger partial charge is 0.270 e.